The minimum absolute atomic E-state index is 0.235. The van der Waals surface area contributed by atoms with Crippen LogP contribution in [-0.2, 0) is 28.5 Å². The van der Waals surface area contributed by atoms with Crippen LogP contribution in [0, 0.1) is 0 Å². The summed E-state index contributed by atoms with van der Waals surface area (Å²) in [4.78, 5) is 11.9. The highest BCUT2D eigenvalue weighted by molar-refractivity contribution is 5.76. The van der Waals surface area contributed by atoms with Gasteiger partial charge in [-0.2, -0.15) is 0 Å². The zero-order valence-corrected chi connectivity index (χ0v) is 12.5. The molecule has 0 spiro atoms. The molecule has 1 unspecified atom stereocenters. The normalized spacial score (nSPS) is 37.0. The maximum atomic E-state index is 11.9. The molecule has 0 saturated carbocycles. The van der Waals surface area contributed by atoms with Crippen LogP contribution in [0.4, 0.5) is 0 Å². The van der Waals surface area contributed by atoms with Crippen LogP contribution in [0.5, 0.6) is 0 Å². The van der Waals surface area contributed by atoms with Crippen molar-refractivity contribution in [2.75, 3.05) is 7.11 Å². The summed E-state index contributed by atoms with van der Waals surface area (Å²) in [7, 11) is 1.51. The van der Waals surface area contributed by atoms with Crippen molar-refractivity contribution in [2.24, 2.45) is 5.73 Å². The molecule has 2 aliphatic heterocycles. The van der Waals surface area contributed by atoms with E-state index in [1.165, 1.54) is 7.11 Å². The molecular formula is C13H23NO6. The van der Waals surface area contributed by atoms with Crippen molar-refractivity contribution in [3.05, 3.63) is 0 Å². The van der Waals surface area contributed by atoms with Crippen LogP contribution in [0.25, 0.3) is 0 Å². The number of carbonyl (C=O) groups excluding carboxylic acids is 1. The molecule has 2 rings (SSSR count). The number of rotatable bonds is 4. The third-order valence-corrected chi connectivity index (χ3v) is 3.26. The fraction of sp³-hybridized carbons (Fsp3) is 0.923. The highest BCUT2D eigenvalue weighted by Crippen LogP contribution is 2.39. The topological polar surface area (TPSA) is 89.2 Å². The molecule has 20 heavy (non-hydrogen) atoms. The Hall–Kier alpha value is -0.730. The maximum absolute atomic E-state index is 11.9. The Labute approximate surface area is 118 Å². The Balaban J connectivity index is 2.10. The zero-order chi connectivity index (χ0) is 15.1. The molecule has 0 aromatic rings. The van der Waals surface area contributed by atoms with Gasteiger partial charge in [0, 0.05) is 7.11 Å². The molecule has 0 bridgehead atoms. The molecule has 0 aliphatic carbocycles. The van der Waals surface area contributed by atoms with Gasteiger partial charge in [-0.05, 0) is 27.7 Å². The Kier molecular flexibility index (Phi) is 4.36. The van der Waals surface area contributed by atoms with Crippen molar-refractivity contribution in [3.8, 4) is 0 Å². The number of fused-ring (bicyclic) bond motifs is 1. The van der Waals surface area contributed by atoms with Crippen LogP contribution >= 0.6 is 0 Å². The average Bonchev–Trinajstić information content (AvgIpc) is 2.80. The van der Waals surface area contributed by atoms with Gasteiger partial charge in [0.05, 0.1) is 6.10 Å². The van der Waals surface area contributed by atoms with E-state index < -0.39 is 42.4 Å². The van der Waals surface area contributed by atoms with Gasteiger partial charge in [-0.3, -0.25) is 4.79 Å². The first kappa shape index (κ1) is 15.7. The lowest BCUT2D eigenvalue weighted by atomic mass is 10.0. The zero-order valence-electron chi connectivity index (χ0n) is 12.5. The highest BCUT2D eigenvalue weighted by Gasteiger charge is 2.58. The smallest absolute Gasteiger partial charge is 0.325 e. The number of esters is 1. The molecule has 0 aromatic carbocycles. The summed E-state index contributed by atoms with van der Waals surface area (Å²) in [5, 5.41) is 0. The third-order valence-electron chi connectivity index (χ3n) is 3.26. The van der Waals surface area contributed by atoms with Gasteiger partial charge in [0.2, 0.25) is 0 Å². The highest BCUT2D eigenvalue weighted by atomic mass is 16.8. The molecule has 5 atom stereocenters. The lowest BCUT2D eigenvalue weighted by Crippen LogP contribution is -2.49. The number of ether oxygens (including phenoxy) is 5. The predicted molar refractivity (Wildman–Crippen MR) is 68.7 cm³/mol. The van der Waals surface area contributed by atoms with Crippen molar-refractivity contribution < 1.29 is 28.5 Å². The van der Waals surface area contributed by atoms with Crippen molar-refractivity contribution in [1.82, 2.24) is 0 Å². The van der Waals surface area contributed by atoms with Gasteiger partial charge in [-0.25, -0.2) is 0 Å². The molecular weight excluding hydrogens is 266 g/mol. The van der Waals surface area contributed by atoms with Crippen LogP contribution in [0.1, 0.15) is 27.7 Å². The first-order valence-electron chi connectivity index (χ1n) is 6.75. The van der Waals surface area contributed by atoms with Crippen molar-refractivity contribution in [3.63, 3.8) is 0 Å². The summed E-state index contributed by atoms with van der Waals surface area (Å²) in [5.41, 5.74) is 5.94. The lowest BCUT2D eigenvalue weighted by Gasteiger charge is -2.26. The maximum Gasteiger partial charge on any atom is 0.325 e. The minimum atomic E-state index is -0.942. The fourth-order valence-corrected chi connectivity index (χ4v) is 2.52. The molecule has 0 radical (unpaired) electrons. The van der Waals surface area contributed by atoms with E-state index in [0.29, 0.717) is 0 Å². The summed E-state index contributed by atoms with van der Waals surface area (Å²) in [6, 6.07) is -0.942. The molecule has 7 heteroatoms. The minimum Gasteiger partial charge on any atom is -0.462 e. The van der Waals surface area contributed by atoms with Gasteiger partial charge in [-0.1, -0.05) is 0 Å². The summed E-state index contributed by atoms with van der Waals surface area (Å²) < 4.78 is 27.5. The molecule has 0 amide bonds. The molecule has 2 N–H and O–H groups in total. The number of methoxy groups -OCH3 is 1. The second-order valence-electron chi connectivity index (χ2n) is 5.78. The van der Waals surface area contributed by atoms with Gasteiger partial charge >= 0.3 is 5.97 Å². The van der Waals surface area contributed by atoms with Crippen LogP contribution < -0.4 is 5.73 Å². The summed E-state index contributed by atoms with van der Waals surface area (Å²) in [5.74, 6) is -1.27. The first-order chi connectivity index (χ1) is 9.25. The van der Waals surface area contributed by atoms with Crippen molar-refractivity contribution in [1.29, 1.82) is 0 Å². The van der Waals surface area contributed by atoms with Gasteiger partial charge < -0.3 is 29.4 Å². The number of carbonyl (C=O) groups is 1. The van der Waals surface area contributed by atoms with Crippen molar-refractivity contribution in [2.45, 2.75) is 70.2 Å². The monoisotopic (exact) mass is 289 g/mol. The predicted octanol–water partition coefficient (Wildman–Crippen LogP) is 0.157. The Morgan fingerprint density at radius 3 is 2.40 bits per heavy atom. The standard InChI is InChI=1S/C13H23NO6/c1-6(2)17-11(15)7(14)8-9-10(12(16-5)18-8)20-13(3,4)19-9/h6-10,12H,14H2,1-5H3/t7?,8-,9-,10-,12-/m1/s1. The van der Waals surface area contributed by atoms with Crippen LogP contribution in [0.15, 0.2) is 0 Å². The molecule has 2 fully saturated rings. The summed E-state index contributed by atoms with van der Waals surface area (Å²) in [6.07, 6.45) is -2.36. The van der Waals surface area contributed by atoms with E-state index in [1.807, 2.05) is 0 Å². The molecule has 2 aliphatic rings. The Bertz CT molecular complexity index is 372. The lowest BCUT2D eigenvalue weighted by molar-refractivity contribution is -0.230. The van der Waals surface area contributed by atoms with E-state index >= 15 is 0 Å². The van der Waals surface area contributed by atoms with Crippen LogP contribution in [0.3, 0.4) is 0 Å². The molecule has 2 saturated heterocycles. The number of hydrogen-bond acceptors (Lipinski definition) is 7. The van der Waals surface area contributed by atoms with Gasteiger partial charge in [-0.15, -0.1) is 0 Å². The average molecular weight is 289 g/mol. The third kappa shape index (κ3) is 2.96. The van der Waals surface area contributed by atoms with E-state index in [0.717, 1.165) is 0 Å². The molecule has 116 valence electrons. The SMILES string of the molecule is CO[C@@H]1O[C@H](C(N)C(=O)OC(C)C)[C@H]2OC(C)(C)O[C@@H]12. The Morgan fingerprint density at radius 1 is 1.25 bits per heavy atom. The van der Waals surface area contributed by atoms with E-state index in [4.69, 9.17) is 29.4 Å². The quantitative estimate of drug-likeness (QED) is 0.737. The van der Waals surface area contributed by atoms with Gasteiger partial charge in [0.1, 0.15) is 24.4 Å². The number of hydrogen-bond donors (Lipinski definition) is 1. The summed E-state index contributed by atoms with van der Waals surface area (Å²) in [6.45, 7) is 7.12. The van der Waals surface area contributed by atoms with Crippen LogP contribution in [0.2, 0.25) is 0 Å². The molecule has 7 nitrogen and oxygen atoms in total. The second-order valence-corrected chi connectivity index (χ2v) is 5.78. The largest absolute Gasteiger partial charge is 0.462 e. The Morgan fingerprint density at radius 2 is 1.85 bits per heavy atom. The van der Waals surface area contributed by atoms with E-state index in [9.17, 15) is 4.79 Å². The van der Waals surface area contributed by atoms with Gasteiger partial charge in [0.25, 0.3) is 0 Å². The van der Waals surface area contributed by atoms with E-state index in [2.05, 4.69) is 0 Å². The van der Waals surface area contributed by atoms with Gasteiger partial charge in [0.15, 0.2) is 12.1 Å². The van der Waals surface area contributed by atoms with Crippen LogP contribution in [-0.4, -0.2) is 55.6 Å². The number of nitrogens with two attached hydrogens (primary N) is 1. The van der Waals surface area contributed by atoms with E-state index in [-0.39, 0.29) is 6.10 Å². The first-order valence-corrected chi connectivity index (χ1v) is 6.75. The fourth-order valence-electron chi connectivity index (χ4n) is 2.52. The van der Waals surface area contributed by atoms with Crippen molar-refractivity contribution >= 4 is 5.97 Å². The molecule has 2 heterocycles. The second kappa shape index (κ2) is 5.57. The molecule has 0 aromatic heterocycles. The summed E-state index contributed by atoms with van der Waals surface area (Å²) >= 11 is 0. The van der Waals surface area contributed by atoms with E-state index in [1.54, 1.807) is 27.7 Å².